The SMILES string of the molecule is CNc1cccc2c1cc(C#CCNc1ccc(S(N)(=O)=O)cc1OC)n2CC(F)(F)F. The zero-order valence-corrected chi connectivity index (χ0v) is 18.1. The minimum Gasteiger partial charge on any atom is -0.495 e. The van der Waals surface area contributed by atoms with Crippen molar-refractivity contribution in [1.82, 2.24) is 4.57 Å². The topological polar surface area (TPSA) is 98.4 Å². The minimum atomic E-state index is -4.41. The molecule has 11 heteroatoms. The number of hydrogen-bond acceptors (Lipinski definition) is 5. The molecule has 2 aromatic carbocycles. The van der Waals surface area contributed by atoms with Crippen molar-refractivity contribution in [1.29, 1.82) is 0 Å². The number of fused-ring (bicyclic) bond motifs is 1. The first kappa shape index (κ1) is 23.3. The van der Waals surface area contributed by atoms with E-state index < -0.39 is 22.7 Å². The van der Waals surface area contributed by atoms with Gasteiger partial charge < -0.3 is 19.9 Å². The largest absolute Gasteiger partial charge is 0.495 e. The Morgan fingerprint density at radius 3 is 2.53 bits per heavy atom. The maximum atomic E-state index is 13.2. The predicted molar refractivity (Wildman–Crippen MR) is 117 cm³/mol. The lowest BCUT2D eigenvalue weighted by Gasteiger charge is -2.11. The number of anilines is 2. The van der Waals surface area contributed by atoms with Crippen molar-refractivity contribution in [3.05, 3.63) is 48.2 Å². The van der Waals surface area contributed by atoms with Crippen LogP contribution in [0.1, 0.15) is 5.69 Å². The first-order chi connectivity index (χ1) is 15.0. The third kappa shape index (κ3) is 5.27. The van der Waals surface area contributed by atoms with Gasteiger partial charge in [-0.05, 0) is 36.3 Å². The summed E-state index contributed by atoms with van der Waals surface area (Å²) in [7, 11) is -0.824. The molecule has 0 aliphatic carbocycles. The highest BCUT2D eigenvalue weighted by atomic mass is 32.2. The summed E-state index contributed by atoms with van der Waals surface area (Å²) >= 11 is 0. The maximum Gasteiger partial charge on any atom is 0.406 e. The van der Waals surface area contributed by atoms with Crippen LogP contribution >= 0.6 is 0 Å². The van der Waals surface area contributed by atoms with Crippen molar-refractivity contribution in [2.24, 2.45) is 5.14 Å². The van der Waals surface area contributed by atoms with E-state index in [1.54, 1.807) is 31.3 Å². The Bertz CT molecular complexity index is 1310. The second kappa shape index (κ2) is 9.02. The number of nitrogens with one attached hydrogen (secondary N) is 2. The highest BCUT2D eigenvalue weighted by molar-refractivity contribution is 7.89. The zero-order valence-electron chi connectivity index (χ0n) is 17.2. The Kier molecular flexibility index (Phi) is 6.57. The molecule has 3 aromatic rings. The summed E-state index contributed by atoms with van der Waals surface area (Å²) in [4.78, 5) is -0.108. The molecule has 0 saturated carbocycles. The summed E-state index contributed by atoms with van der Waals surface area (Å²) < 4.78 is 68.7. The molecule has 32 heavy (non-hydrogen) atoms. The van der Waals surface area contributed by atoms with Gasteiger partial charge in [0, 0.05) is 24.2 Å². The van der Waals surface area contributed by atoms with E-state index in [1.165, 1.54) is 25.3 Å². The van der Waals surface area contributed by atoms with Gasteiger partial charge in [-0.25, -0.2) is 13.6 Å². The van der Waals surface area contributed by atoms with Crippen LogP contribution in [-0.2, 0) is 16.6 Å². The zero-order chi connectivity index (χ0) is 23.5. The number of sulfonamides is 1. The highest BCUT2D eigenvalue weighted by Crippen LogP contribution is 2.30. The summed E-state index contributed by atoms with van der Waals surface area (Å²) in [5.74, 6) is 5.83. The lowest BCUT2D eigenvalue weighted by atomic mass is 10.2. The van der Waals surface area contributed by atoms with E-state index in [2.05, 4.69) is 22.5 Å². The van der Waals surface area contributed by atoms with Crippen LogP contribution in [-0.4, -0.2) is 39.9 Å². The molecule has 3 rings (SSSR count). The Labute approximate surface area is 183 Å². The fraction of sp³-hybridized carbons (Fsp3) is 0.238. The third-order valence-corrected chi connectivity index (χ3v) is 5.55. The standard InChI is InChI=1S/C21H21F3N4O3S/c1-26-17-6-3-7-19-16(17)11-14(28(19)13-21(22,23)24)5-4-10-27-18-9-8-15(32(25,29)30)12-20(18)31-2/h3,6-9,11-12,26-27H,10,13H2,1-2H3,(H2,25,29,30). The Balaban J connectivity index is 1.89. The van der Waals surface area contributed by atoms with Crippen LogP contribution in [0.5, 0.6) is 5.75 Å². The van der Waals surface area contributed by atoms with E-state index in [0.717, 1.165) is 4.57 Å². The quantitative estimate of drug-likeness (QED) is 0.484. The molecule has 0 radical (unpaired) electrons. The van der Waals surface area contributed by atoms with Gasteiger partial charge in [-0.3, -0.25) is 0 Å². The number of primary sulfonamides is 1. The van der Waals surface area contributed by atoms with Crippen molar-refractivity contribution < 1.29 is 26.3 Å². The van der Waals surface area contributed by atoms with E-state index in [0.29, 0.717) is 22.3 Å². The molecule has 0 amide bonds. The summed E-state index contributed by atoms with van der Waals surface area (Å²) in [6, 6.07) is 10.7. The molecule has 0 fully saturated rings. The van der Waals surface area contributed by atoms with Crippen molar-refractivity contribution in [3.63, 3.8) is 0 Å². The number of benzene rings is 2. The number of halogens is 3. The van der Waals surface area contributed by atoms with Gasteiger partial charge in [0.2, 0.25) is 10.0 Å². The lowest BCUT2D eigenvalue weighted by molar-refractivity contribution is -0.140. The normalized spacial score (nSPS) is 11.7. The van der Waals surface area contributed by atoms with Crippen LogP contribution in [0.15, 0.2) is 47.4 Å². The molecule has 0 aliphatic rings. The summed E-state index contributed by atoms with van der Waals surface area (Å²) in [5.41, 5.74) is 1.80. The van der Waals surface area contributed by atoms with E-state index in [-0.39, 0.29) is 22.9 Å². The Morgan fingerprint density at radius 1 is 1.16 bits per heavy atom. The average Bonchev–Trinajstić information content (AvgIpc) is 3.06. The van der Waals surface area contributed by atoms with Crippen LogP contribution in [0.4, 0.5) is 24.5 Å². The first-order valence-corrected chi connectivity index (χ1v) is 10.9. The fourth-order valence-electron chi connectivity index (χ4n) is 3.22. The lowest BCUT2D eigenvalue weighted by Crippen LogP contribution is -2.18. The predicted octanol–water partition coefficient (Wildman–Crippen LogP) is 3.36. The number of ether oxygens (including phenoxy) is 1. The monoisotopic (exact) mass is 466 g/mol. The molecule has 0 bridgehead atoms. The van der Waals surface area contributed by atoms with Gasteiger partial charge in [0.1, 0.15) is 12.3 Å². The number of hydrogen-bond donors (Lipinski definition) is 3. The molecular formula is C21H21F3N4O3S. The van der Waals surface area contributed by atoms with Gasteiger partial charge in [0.15, 0.2) is 0 Å². The first-order valence-electron chi connectivity index (χ1n) is 9.34. The van der Waals surface area contributed by atoms with Crippen LogP contribution in [0.25, 0.3) is 10.9 Å². The average molecular weight is 466 g/mol. The van der Waals surface area contributed by atoms with Crippen LogP contribution in [0, 0.1) is 11.8 Å². The molecular weight excluding hydrogens is 445 g/mol. The van der Waals surface area contributed by atoms with Crippen molar-refractivity contribution in [2.75, 3.05) is 31.3 Å². The van der Waals surface area contributed by atoms with Crippen LogP contribution < -0.4 is 20.5 Å². The molecule has 0 aliphatic heterocycles. The van der Waals surface area contributed by atoms with Gasteiger partial charge in [-0.2, -0.15) is 13.2 Å². The van der Waals surface area contributed by atoms with Crippen molar-refractivity contribution in [3.8, 4) is 17.6 Å². The second-order valence-corrected chi connectivity index (χ2v) is 8.34. The molecule has 4 N–H and O–H groups in total. The van der Waals surface area contributed by atoms with Gasteiger partial charge in [-0.1, -0.05) is 12.0 Å². The van der Waals surface area contributed by atoms with E-state index in [1.807, 2.05) is 0 Å². The summed E-state index contributed by atoms with van der Waals surface area (Å²) in [6.07, 6.45) is -4.41. The Morgan fingerprint density at radius 2 is 1.91 bits per heavy atom. The number of alkyl halides is 3. The molecule has 1 heterocycles. The highest BCUT2D eigenvalue weighted by Gasteiger charge is 2.29. The van der Waals surface area contributed by atoms with E-state index >= 15 is 0 Å². The number of rotatable bonds is 6. The molecule has 1 aromatic heterocycles. The maximum absolute atomic E-state index is 13.2. The third-order valence-electron chi connectivity index (χ3n) is 4.64. The second-order valence-electron chi connectivity index (χ2n) is 6.78. The van der Waals surface area contributed by atoms with Crippen LogP contribution in [0.3, 0.4) is 0 Å². The molecule has 7 nitrogen and oxygen atoms in total. The number of nitrogens with two attached hydrogens (primary N) is 1. The van der Waals surface area contributed by atoms with Gasteiger partial charge in [0.05, 0.1) is 35.4 Å². The molecule has 0 unspecified atom stereocenters. The van der Waals surface area contributed by atoms with Crippen LogP contribution in [0.2, 0.25) is 0 Å². The number of methoxy groups -OCH3 is 1. The smallest absolute Gasteiger partial charge is 0.406 e. The van der Waals surface area contributed by atoms with E-state index in [9.17, 15) is 21.6 Å². The summed E-state index contributed by atoms with van der Waals surface area (Å²) in [5, 5.41) is 11.7. The molecule has 170 valence electrons. The van der Waals surface area contributed by atoms with Gasteiger partial charge in [0.25, 0.3) is 0 Å². The van der Waals surface area contributed by atoms with Gasteiger partial charge in [-0.15, -0.1) is 0 Å². The van der Waals surface area contributed by atoms with E-state index in [4.69, 9.17) is 9.88 Å². The summed E-state index contributed by atoms with van der Waals surface area (Å²) in [6.45, 7) is -1.08. The molecule has 0 atom stereocenters. The van der Waals surface area contributed by atoms with Crippen molar-refractivity contribution >= 4 is 32.3 Å². The molecule has 0 saturated heterocycles. The Hall–Kier alpha value is -3.36. The number of nitrogens with zero attached hydrogens (tertiary/aromatic N) is 1. The minimum absolute atomic E-state index is 0.0809. The fourth-order valence-corrected chi connectivity index (χ4v) is 3.75. The number of aromatic nitrogens is 1. The van der Waals surface area contributed by atoms with Gasteiger partial charge >= 0.3 is 6.18 Å². The molecule has 0 spiro atoms. The van der Waals surface area contributed by atoms with Crippen molar-refractivity contribution in [2.45, 2.75) is 17.6 Å².